The minimum Gasteiger partial charge on any atom is -0.317 e. The Morgan fingerprint density at radius 1 is 1.18 bits per heavy atom. The summed E-state index contributed by atoms with van der Waals surface area (Å²) in [6.45, 7) is 13.0. The Kier molecular flexibility index (Phi) is 8.67. The number of rotatable bonds is 9. The Morgan fingerprint density at radius 3 is 2.59 bits per heavy atom. The van der Waals surface area contributed by atoms with Gasteiger partial charge >= 0.3 is 0 Å². The van der Waals surface area contributed by atoms with Crippen molar-refractivity contribution in [2.75, 3.05) is 45.8 Å². The molecular formula is C14H31N3. The van der Waals surface area contributed by atoms with Crippen molar-refractivity contribution in [1.82, 2.24) is 15.5 Å². The molecule has 17 heavy (non-hydrogen) atoms. The maximum Gasteiger partial charge on any atom is 0.0107 e. The van der Waals surface area contributed by atoms with Crippen molar-refractivity contribution in [1.29, 1.82) is 0 Å². The monoisotopic (exact) mass is 241 g/mol. The van der Waals surface area contributed by atoms with Gasteiger partial charge in [0, 0.05) is 13.1 Å². The maximum absolute atomic E-state index is 3.63. The van der Waals surface area contributed by atoms with Gasteiger partial charge < -0.3 is 15.5 Å². The van der Waals surface area contributed by atoms with Crippen molar-refractivity contribution in [2.24, 2.45) is 5.92 Å². The topological polar surface area (TPSA) is 27.3 Å². The molecule has 0 aromatic carbocycles. The van der Waals surface area contributed by atoms with Crippen LogP contribution in [0.5, 0.6) is 0 Å². The van der Waals surface area contributed by atoms with Crippen LogP contribution in [0, 0.1) is 5.92 Å². The molecule has 1 heterocycles. The van der Waals surface area contributed by atoms with Gasteiger partial charge in [0.05, 0.1) is 0 Å². The Bertz CT molecular complexity index is 167. The van der Waals surface area contributed by atoms with Crippen LogP contribution in [0.1, 0.15) is 39.5 Å². The van der Waals surface area contributed by atoms with Crippen LogP contribution in [0.2, 0.25) is 0 Å². The maximum atomic E-state index is 3.63. The molecule has 1 aliphatic heterocycles. The van der Waals surface area contributed by atoms with Crippen LogP contribution in [0.3, 0.4) is 0 Å². The molecular weight excluding hydrogens is 210 g/mol. The lowest BCUT2D eigenvalue weighted by molar-refractivity contribution is 0.275. The summed E-state index contributed by atoms with van der Waals surface area (Å²) >= 11 is 0. The standard InChI is InChI=1S/C14H31N3/c1-3-5-11-17(4-2)12-10-16-13-14-6-8-15-9-7-14/h14-16H,3-13H2,1-2H3. The lowest BCUT2D eigenvalue weighted by atomic mass is 9.98. The van der Waals surface area contributed by atoms with Gasteiger partial charge in [-0.25, -0.2) is 0 Å². The number of hydrogen-bond acceptors (Lipinski definition) is 3. The summed E-state index contributed by atoms with van der Waals surface area (Å²) in [6, 6.07) is 0. The summed E-state index contributed by atoms with van der Waals surface area (Å²) in [5.41, 5.74) is 0. The summed E-state index contributed by atoms with van der Waals surface area (Å²) in [5, 5.41) is 7.05. The Morgan fingerprint density at radius 2 is 1.94 bits per heavy atom. The first-order valence-electron chi connectivity index (χ1n) is 7.50. The fourth-order valence-electron chi connectivity index (χ4n) is 2.44. The largest absolute Gasteiger partial charge is 0.317 e. The van der Waals surface area contributed by atoms with Crippen molar-refractivity contribution in [3.05, 3.63) is 0 Å². The van der Waals surface area contributed by atoms with E-state index in [0.717, 1.165) is 12.5 Å². The molecule has 0 bridgehead atoms. The highest BCUT2D eigenvalue weighted by Crippen LogP contribution is 2.09. The zero-order chi connectivity index (χ0) is 12.3. The molecule has 3 heteroatoms. The van der Waals surface area contributed by atoms with E-state index in [0.29, 0.717) is 0 Å². The molecule has 0 radical (unpaired) electrons. The molecule has 0 atom stereocenters. The van der Waals surface area contributed by atoms with Crippen molar-refractivity contribution >= 4 is 0 Å². The predicted octanol–water partition coefficient (Wildman–Crippen LogP) is 1.70. The molecule has 3 nitrogen and oxygen atoms in total. The molecule has 0 amide bonds. The summed E-state index contributed by atoms with van der Waals surface area (Å²) in [7, 11) is 0. The van der Waals surface area contributed by atoms with Gasteiger partial charge in [-0.3, -0.25) is 0 Å². The molecule has 0 spiro atoms. The van der Waals surface area contributed by atoms with Gasteiger partial charge in [-0.15, -0.1) is 0 Å². The third-order valence-electron chi connectivity index (χ3n) is 3.77. The van der Waals surface area contributed by atoms with Crippen molar-refractivity contribution in [2.45, 2.75) is 39.5 Å². The van der Waals surface area contributed by atoms with Crippen LogP contribution < -0.4 is 10.6 Å². The number of nitrogens with one attached hydrogen (secondary N) is 2. The second kappa shape index (κ2) is 9.86. The van der Waals surface area contributed by atoms with E-state index in [1.165, 1.54) is 65.0 Å². The molecule has 0 aromatic rings. The van der Waals surface area contributed by atoms with Crippen LogP contribution in [0.25, 0.3) is 0 Å². The minimum absolute atomic E-state index is 0.905. The smallest absolute Gasteiger partial charge is 0.0107 e. The van der Waals surface area contributed by atoms with Gasteiger partial charge in [0.1, 0.15) is 0 Å². The average molecular weight is 241 g/mol. The summed E-state index contributed by atoms with van der Waals surface area (Å²) < 4.78 is 0. The van der Waals surface area contributed by atoms with Crippen molar-refractivity contribution in [3.63, 3.8) is 0 Å². The highest BCUT2D eigenvalue weighted by molar-refractivity contribution is 4.70. The van der Waals surface area contributed by atoms with E-state index in [1.807, 2.05) is 0 Å². The van der Waals surface area contributed by atoms with Gasteiger partial charge in [-0.05, 0) is 57.9 Å². The number of piperidine rings is 1. The number of nitrogens with zero attached hydrogens (tertiary/aromatic N) is 1. The molecule has 0 aliphatic carbocycles. The van der Waals surface area contributed by atoms with Crippen LogP contribution in [0.4, 0.5) is 0 Å². The minimum atomic E-state index is 0.905. The Hall–Kier alpha value is -0.120. The van der Waals surface area contributed by atoms with Crippen molar-refractivity contribution in [3.8, 4) is 0 Å². The molecule has 0 aromatic heterocycles. The van der Waals surface area contributed by atoms with Crippen LogP contribution in [0.15, 0.2) is 0 Å². The molecule has 1 aliphatic rings. The van der Waals surface area contributed by atoms with Crippen molar-refractivity contribution < 1.29 is 0 Å². The van der Waals surface area contributed by atoms with E-state index in [4.69, 9.17) is 0 Å². The van der Waals surface area contributed by atoms with Crippen LogP contribution >= 0.6 is 0 Å². The number of unbranched alkanes of at least 4 members (excludes halogenated alkanes) is 1. The third-order valence-corrected chi connectivity index (χ3v) is 3.77. The van der Waals surface area contributed by atoms with Crippen LogP contribution in [-0.2, 0) is 0 Å². The van der Waals surface area contributed by atoms with E-state index in [-0.39, 0.29) is 0 Å². The van der Waals surface area contributed by atoms with Crippen LogP contribution in [-0.4, -0.2) is 50.7 Å². The predicted molar refractivity (Wildman–Crippen MR) is 75.5 cm³/mol. The fourth-order valence-corrected chi connectivity index (χ4v) is 2.44. The van der Waals surface area contributed by atoms with Gasteiger partial charge in [0.15, 0.2) is 0 Å². The van der Waals surface area contributed by atoms with E-state index >= 15 is 0 Å². The van der Waals surface area contributed by atoms with Gasteiger partial charge in [-0.2, -0.15) is 0 Å². The zero-order valence-corrected chi connectivity index (χ0v) is 11.8. The molecule has 1 rings (SSSR count). The number of hydrogen-bond donors (Lipinski definition) is 2. The second-order valence-corrected chi connectivity index (χ2v) is 5.19. The average Bonchev–Trinajstić information content (AvgIpc) is 2.39. The Balaban J connectivity index is 1.97. The molecule has 0 unspecified atom stereocenters. The lowest BCUT2D eigenvalue weighted by Gasteiger charge is -2.24. The number of likely N-dealkylation sites (N-methyl/N-ethyl adjacent to an activating group) is 1. The first-order chi connectivity index (χ1) is 8.36. The highest BCUT2D eigenvalue weighted by Gasteiger charge is 2.11. The normalized spacial score (nSPS) is 17.8. The van der Waals surface area contributed by atoms with E-state index in [1.54, 1.807) is 0 Å². The molecule has 2 N–H and O–H groups in total. The third kappa shape index (κ3) is 7.02. The van der Waals surface area contributed by atoms with Gasteiger partial charge in [-0.1, -0.05) is 20.3 Å². The summed E-state index contributed by atoms with van der Waals surface area (Å²) in [6.07, 6.45) is 5.34. The summed E-state index contributed by atoms with van der Waals surface area (Å²) in [5.74, 6) is 0.905. The highest BCUT2D eigenvalue weighted by atomic mass is 15.1. The SMILES string of the molecule is CCCCN(CC)CCNCC1CCNCC1. The molecule has 1 saturated heterocycles. The molecule has 1 fully saturated rings. The summed E-state index contributed by atoms with van der Waals surface area (Å²) in [4.78, 5) is 2.55. The lowest BCUT2D eigenvalue weighted by Crippen LogP contribution is -2.37. The van der Waals surface area contributed by atoms with E-state index in [9.17, 15) is 0 Å². The Labute approximate surface area is 107 Å². The van der Waals surface area contributed by atoms with E-state index in [2.05, 4.69) is 29.4 Å². The van der Waals surface area contributed by atoms with Gasteiger partial charge in [0.25, 0.3) is 0 Å². The zero-order valence-electron chi connectivity index (χ0n) is 11.8. The van der Waals surface area contributed by atoms with Gasteiger partial charge in [0.2, 0.25) is 0 Å². The van der Waals surface area contributed by atoms with E-state index < -0.39 is 0 Å². The molecule has 0 saturated carbocycles. The first-order valence-corrected chi connectivity index (χ1v) is 7.50. The molecule has 102 valence electrons. The second-order valence-electron chi connectivity index (χ2n) is 5.19. The first kappa shape index (κ1) is 14.9. The quantitative estimate of drug-likeness (QED) is 0.602. The fraction of sp³-hybridized carbons (Fsp3) is 1.00.